The molecule has 0 bridgehead atoms. The van der Waals surface area contributed by atoms with Crippen LogP contribution in [-0.2, 0) is 4.79 Å². The number of nitrogens with zero attached hydrogens (tertiary/aromatic N) is 2. The number of ketones is 1. The Morgan fingerprint density at radius 1 is 0.870 bits per heavy atom. The minimum atomic E-state index is 0.369. The van der Waals surface area contributed by atoms with Crippen LogP contribution in [0.25, 0.3) is 22.2 Å². The van der Waals surface area contributed by atoms with E-state index in [2.05, 4.69) is 47.4 Å². The van der Waals surface area contributed by atoms with E-state index in [0.717, 1.165) is 35.2 Å². The van der Waals surface area contributed by atoms with Gasteiger partial charge in [-0.2, -0.15) is 0 Å². The summed E-state index contributed by atoms with van der Waals surface area (Å²) in [5, 5.41) is 1.15. The van der Waals surface area contributed by atoms with Gasteiger partial charge in [-0.25, -0.2) is 4.98 Å². The summed E-state index contributed by atoms with van der Waals surface area (Å²) in [7, 11) is 0. The van der Waals surface area contributed by atoms with Crippen LogP contribution in [0.3, 0.4) is 0 Å². The molecule has 1 fully saturated rings. The molecule has 4 rings (SSSR count). The predicted molar refractivity (Wildman–Crippen MR) is 93.6 cm³/mol. The lowest BCUT2D eigenvalue weighted by Crippen LogP contribution is -2.33. The first kappa shape index (κ1) is 13.9. The first-order valence-corrected chi connectivity index (χ1v) is 8.02. The van der Waals surface area contributed by atoms with Gasteiger partial charge in [-0.3, -0.25) is 4.79 Å². The van der Waals surface area contributed by atoms with Crippen molar-refractivity contribution in [2.75, 3.05) is 18.0 Å². The van der Waals surface area contributed by atoms with Crippen LogP contribution in [0.15, 0.2) is 60.7 Å². The van der Waals surface area contributed by atoms with Crippen molar-refractivity contribution in [2.45, 2.75) is 12.8 Å². The fraction of sp³-hybridized carbons (Fsp3) is 0.200. The van der Waals surface area contributed by atoms with Crippen LogP contribution in [0, 0.1) is 0 Å². The average molecular weight is 302 g/mol. The summed E-state index contributed by atoms with van der Waals surface area (Å²) in [5.41, 5.74) is 4.28. The molecule has 3 aromatic rings. The smallest absolute Gasteiger partial charge is 0.136 e. The van der Waals surface area contributed by atoms with Crippen LogP contribution >= 0.6 is 0 Å². The van der Waals surface area contributed by atoms with E-state index in [-0.39, 0.29) is 0 Å². The van der Waals surface area contributed by atoms with Gasteiger partial charge in [0.05, 0.1) is 11.2 Å². The third-order valence-electron chi connectivity index (χ3n) is 4.43. The zero-order chi connectivity index (χ0) is 15.6. The first-order valence-electron chi connectivity index (χ1n) is 8.02. The van der Waals surface area contributed by atoms with E-state index in [4.69, 9.17) is 4.98 Å². The lowest BCUT2D eigenvalue weighted by atomic mass is 10.1. The van der Waals surface area contributed by atoms with Gasteiger partial charge in [-0.1, -0.05) is 36.4 Å². The molecule has 1 aromatic heterocycles. The molecule has 2 aromatic carbocycles. The molecule has 114 valence electrons. The number of hydrogen-bond acceptors (Lipinski definition) is 3. The molecule has 1 aliphatic heterocycles. The molecule has 0 radical (unpaired) electrons. The first-order chi connectivity index (χ1) is 11.3. The number of anilines is 1. The number of hydrogen-bond donors (Lipinski definition) is 0. The van der Waals surface area contributed by atoms with E-state index in [1.54, 1.807) is 0 Å². The Balaban J connectivity index is 1.68. The van der Waals surface area contributed by atoms with E-state index in [1.807, 2.05) is 18.2 Å². The molecule has 1 saturated heterocycles. The highest BCUT2D eigenvalue weighted by Gasteiger charge is 2.16. The summed E-state index contributed by atoms with van der Waals surface area (Å²) in [5.74, 6) is 0.369. The second-order valence-corrected chi connectivity index (χ2v) is 5.97. The van der Waals surface area contributed by atoms with Crippen LogP contribution in [-0.4, -0.2) is 23.9 Å². The van der Waals surface area contributed by atoms with E-state index in [9.17, 15) is 4.79 Å². The van der Waals surface area contributed by atoms with Crippen LogP contribution in [0.4, 0.5) is 5.69 Å². The van der Waals surface area contributed by atoms with Crippen molar-refractivity contribution in [3.8, 4) is 11.3 Å². The number of Topliss-reactive ketones (excluding diaryl/α,β-unsaturated/α-hetero) is 1. The number of fused-ring (bicyclic) bond motifs is 1. The molecule has 3 nitrogen and oxygen atoms in total. The van der Waals surface area contributed by atoms with Gasteiger partial charge in [-0.15, -0.1) is 0 Å². The van der Waals surface area contributed by atoms with Crippen molar-refractivity contribution in [3.63, 3.8) is 0 Å². The second-order valence-electron chi connectivity index (χ2n) is 5.97. The average Bonchev–Trinajstić information content (AvgIpc) is 2.62. The summed E-state index contributed by atoms with van der Waals surface area (Å²) in [6.07, 6.45) is 1.30. The molecular formula is C20H18N2O. The van der Waals surface area contributed by atoms with Crippen molar-refractivity contribution in [3.05, 3.63) is 60.7 Å². The molecule has 0 spiro atoms. The number of pyridine rings is 1. The van der Waals surface area contributed by atoms with Gasteiger partial charge in [0.1, 0.15) is 5.78 Å². The SMILES string of the molecule is O=C1CCN(c2cccc(-c3ccc4ccccc4n3)c2)CC1. The Morgan fingerprint density at radius 2 is 1.70 bits per heavy atom. The van der Waals surface area contributed by atoms with E-state index >= 15 is 0 Å². The second kappa shape index (κ2) is 5.84. The van der Waals surface area contributed by atoms with Crippen LogP contribution in [0.5, 0.6) is 0 Å². The molecular weight excluding hydrogens is 284 g/mol. The Bertz CT molecular complexity index is 862. The highest BCUT2D eigenvalue weighted by Crippen LogP contribution is 2.26. The third-order valence-corrected chi connectivity index (χ3v) is 4.43. The van der Waals surface area contributed by atoms with Crippen LogP contribution in [0.2, 0.25) is 0 Å². The topological polar surface area (TPSA) is 33.2 Å². The maximum Gasteiger partial charge on any atom is 0.136 e. The number of carbonyl (C=O) groups is 1. The summed E-state index contributed by atoms with van der Waals surface area (Å²) in [6.45, 7) is 1.63. The molecule has 2 heterocycles. The maximum atomic E-state index is 11.4. The van der Waals surface area contributed by atoms with Gasteiger partial charge in [0.15, 0.2) is 0 Å². The monoisotopic (exact) mass is 302 g/mol. The van der Waals surface area contributed by atoms with Gasteiger partial charge in [-0.05, 0) is 24.3 Å². The van der Waals surface area contributed by atoms with Gasteiger partial charge < -0.3 is 4.90 Å². The number of benzene rings is 2. The van der Waals surface area contributed by atoms with Crippen LogP contribution < -0.4 is 4.90 Å². The lowest BCUT2D eigenvalue weighted by Gasteiger charge is -2.28. The fourth-order valence-electron chi connectivity index (χ4n) is 3.10. The minimum absolute atomic E-state index is 0.369. The molecule has 3 heteroatoms. The van der Waals surface area contributed by atoms with Gasteiger partial charge in [0, 0.05) is 42.6 Å². The number of carbonyl (C=O) groups excluding carboxylic acids is 1. The minimum Gasteiger partial charge on any atom is -0.371 e. The van der Waals surface area contributed by atoms with Crippen molar-refractivity contribution >= 4 is 22.4 Å². The van der Waals surface area contributed by atoms with Crippen molar-refractivity contribution < 1.29 is 4.79 Å². The number of para-hydroxylation sites is 1. The van der Waals surface area contributed by atoms with Gasteiger partial charge in [0.2, 0.25) is 0 Å². The van der Waals surface area contributed by atoms with Crippen LogP contribution in [0.1, 0.15) is 12.8 Å². The van der Waals surface area contributed by atoms with Crippen molar-refractivity contribution in [2.24, 2.45) is 0 Å². The lowest BCUT2D eigenvalue weighted by molar-refractivity contribution is -0.119. The van der Waals surface area contributed by atoms with Crippen molar-refractivity contribution in [1.29, 1.82) is 0 Å². The molecule has 0 amide bonds. The zero-order valence-corrected chi connectivity index (χ0v) is 12.9. The number of piperidine rings is 1. The summed E-state index contributed by atoms with van der Waals surface area (Å²) < 4.78 is 0. The Kier molecular flexibility index (Phi) is 3.54. The molecule has 0 unspecified atom stereocenters. The summed E-state index contributed by atoms with van der Waals surface area (Å²) >= 11 is 0. The summed E-state index contributed by atoms with van der Waals surface area (Å²) in [4.78, 5) is 18.5. The number of aromatic nitrogens is 1. The fourth-order valence-corrected chi connectivity index (χ4v) is 3.10. The Hall–Kier alpha value is -2.68. The third kappa shape index (κ3) is 2.82. The molecule has 23 heavy (non-hydrogen) atoms. The standard InChI is InChI=1S/C20H18N2O/c23-18-10-12-22(13-11-18)17-6-3-5-16(14-17)20-9-8-15-4-1-2-7-19(15)21-20/h1-9,14H,10-13H2. The van der Waals surface area contributed by atoms with Crippen molar-refractivity contribution in [1.82, 2.24) is 4.98 Å². The maximum absolute atomic E-state index is 11.4. The van der Waals surface area contributed by atoms with E-state index in [0.29, 0.717) is 18.6 Å². The molecule has 0 aliphatic carbocycles. The highest BCUT2D eigenvalue weighted by atomic mass is 16.1. The van der Waals surface area contributed by atoms with Gasteiger partial charge in [0.25, 0.3) is 0 Å². The quantitative estimate of drug-likeness (QED) is 0.715. The highest BCUT2D eigenvalue weighted by molar-refractivity contribution is 5.83. The zero-order valence-electron chi connectivity index (χ0n) is 12.9. The number of rotatable bonds is 2. The summed E-state index contributed by atoms with van der Waals surface area (Å²) in [6, 6.07) is 20.8. The molecule has 0 saturated carbocycles. The Labute approximate surface area is 135 Å². The van der Waals surface area contributed by atoms with Gasteiger partial charge >= 0.3 is 0 Å². The van der Waals surface area contributed by atoms with E-state index in [1.165, 1.54) is 5.69 Å². The molecule has 0 atom stereocenters. The molecule has 0 N–H and O–H groups in total. The largest absolute Gasteiger partial charge is 0.371 e. The normalized spacial score (nSPS) is 15.1. The predicted octanol–water partition coefficient (Wildman–Crippen LogP) is 4.07. The molecule has 1 aliphatic rings. The van der Waals surface area contributed by atoms with E-state index < -0.39 is 0 Å². The Morgan fingerprint density at radius 3 is 2.57 bits per heavy atom.